The van der Waals surface area contributed by atoms with Crippen LogP contribution in [0, 0.1) is 0 Å². The fourth-order valence-electron chi connectivity index (χ4n) is 3.85. The number of benzene rings is 1. The van der Waals surface area contributed by atoms with E-state index in [1.54, 1.807) is 7.11 Å². The number of rotatable bonds is 8. The van der Waals surface area contributed by atoms with Crippen molar-refractivity contribution in [3.63, 3.8) is 0 Å². The molecule has 0 amide bonds. The fraction of sp³-hybridized carbons (Fsp3) is 0.682. The molecule has 29 heavy (non-hydrogen) atoms. The smallest absolute Gasteiger partial charge is 0.194 e. The predicted octanol–water partition coefficient (Wildman–Crippen LogP) is 1.90. The largest absolute Gasteiger partial charge is 0.497 e. The Morgan fingerprint density at radius 2 is 1.76 bits per heavy atom. The fourth-order valence-corrected chi connectivity index (χ4v) is 3.85. The van der Waals surface area contributed by atoms with Gasteiger partial charge in [-0.1, -0.05) is 0 Å². The van der Waals surface area contributed by atoms with Crippen molar-refractivity contribution < 1.29 is 9.47 Å². The lowest BCUT2D eigenvalue weighted by molar-refractivity contribution is 0.0373. The number of nitrogens with zero attached hydrogens (tertiary/aromatic N) is 4. The molecule has 2 aliphatic heterocycles. The zero-order valence-corrected chi connectivity index (χ0v) is 18.1. The van der Waals surface area contributed by atoms with Gasteiger partial charge in [0.05, 0.1) is 20.3 Å². The number of hydrogen-bond acceptors (Lipinski definition) is 5. The molecular formula is C22H37N5O2. The molecule has 1 aromatic rings. The predicted molar refractivity (Wildman–Crippen MR) is 119 cm³/mol. The SMILES string of the molecule is CCNC(=NCCCCN1CCOCC1)N1CCN(c2ccc(OC)cc2)CC1. The molecule has 2 heterocycles. The number of anilines is 1. The normalized spacial score (nSPS) is 18.8. The number of ether oxygens (including phenoxy) is 2. The van der Waals surface area contributed by atoms with Crippen LogP contribution in [0.4, 0.5) is 5.69 Å². The second kappa shape index (κ2) is 11.9. The van der Waals surface area contributed by atoms with Crippen molar-refractivity contribution in [2.24, 2.45) is 4.99 Å². The van der Waals surface area contributed by atoms with Gasteiger partial charge in [0.15, 0.2) is 5.96 Å². The number of hydrogen-bond donors (Lipinski definition) is 1. The van der Waals surface area contributed by atoms with Gasteiger partial charge in [0.1, 0.15) is 5.75 Å². The van der Waals surface area contributed by atoms with E-state index in [2.05, 4.69) is 39.1 Å². The minimum absolute atomic E-state index is 0.880. The summed E-state index contributed by atoms with van der Waals surface area (Å²) < 4.78 is 10.7. The van der Waals surface area contributed by atoms with E-state index in [0.717, 1.165) is 90.2 Å². The maximum atomic E-state index is 5.41. The van der Waals surface area contributed by atoms with Crippen LogP contribution < -0.4 is 15.0 Å². The first kappa shape index (κ1) is 21.7. The number of unbranched alkanes of at least 4 members (excludes halogenated alkanes) is 1. The minimum Gasteiger partial charge on any atom is -0.497 e. The molecule has 2 aliphatic rings. The van der Waals surface area contributed by atoms with Gasteiger partial charge in [-0.25, -0.2) is 0 Å². The summed E-state index contributed by atoms with van der Waals surface area (Å²) in [6, 6.07) is 8.35. The van der Waals surface area contributed by atoms with Crippen molar-refractivity contribution in [2.45, 2.75) is 19.8 Å². The van der Waals surface area contributed by atoms with Crippen LogP contribution in [-0.4, -0.2) is 95.0 Å². The van der Waals surface area contributed by atoms with Gasteiger partial charge in [-0.15, -0.1) is 0 Å². The summed E-state index contributed by atoms with van der Waals surface area (Å²) in [4.78, 5) is 12.2. The molecule has 1 aromatic carbocycles. The van der Waals surface area contributed by atoms with E-state index in [1.807, 2.05) is 12.1 Å². The summed E-state index contributed by atoms with van der Waals surface area (Å²) in [5, 5.41) is 3.48. The van der Waals surface area contributed by atoms with Gasteiger partial charge in [0.25, 0.3) is 0 Å². The maximum absolute atomic E-state index is 5.41. The molecule has 0 aromatic heterocycles. The monoisotopic (exact) mass is 403 g/mol. The summed E-state index contributed by atoms with van der Waals surface area (Å²) in [5.74, 6) is 1.97. The molecule has 0 unspecified atom stereocenters. The van der Waals surface area contributed by atoms with Gasteiger partial charge in [0.2, 0.25) is 0 Å². The molecule has 1 N–H and O–H groups in total. The zero-order valence-electron chi connectivity index (χ0n) is 18.1. The molecular weight excluding hydrogens is 366 g/mol. The number of aliphatic imine (C=N–C) groups is 1. The molecule has 0 aliphatic carbocycles. The van der Waals surface area contributed by atoms with Crippen LogP contribution in [0.3, 0.4) is 0 Å². The van der Waals surface area contributed by atoms with Crippen molar-refractivity contribution in [2.75, 3.05) is 84.1 Å². The van der Waals surface area contributed by atoms with Crippen LogP contribution in [0.5, 0.6) is 5.75 Å². The first-order valence-corrected chi connectivity index (χ1v) is 11.0. The van der Waals surface area contributed by atoms with Gasteiger partial charge in [-0.05, 0) is 50.6 Å². The third kappa shape index (κ3) is 6.78. The average molecular weight is 404 g/mol. The van der Waals surface area contributed by atoms with Gasteiger partial charge in [0, 0.05) is 58.0 Å². The molecule has 0 radical (unpaired) electrons. The topological polar surface area (TPSA) is 52.6 Å². The molecule has 0 bridgehead atoms. The molecule has 0 spiro atoms. The Morgan fingerprint density at radius 3 is 2.41 bits per heavy atom. The van der Waals surface area contributed by atoms with Crippen LogP contribution >= 0.6 is 0 Å². The molecule has 3 rings (SSSR count). The van der Waals surface area contributed by atoms with Gasteiger partial charge in [-0.3, -0.25) is 9.89 Å². The van der Waals surface area contributed by atoms with Gasteiger partial charge in [-0.2, -0.15) is 0 Å². The molecule has 0 atom stereocenters. The maximum Gasteiger partial charge on any atom is 0.194 e. The van der Waals surface area contributed by atoms with Crippen molar-refractivity contribution >= 4 is 11.6 Å². The van der Waals surface area contributed by atoms with Crippen molar-refractivity contribution in [1.29, 1.82) is 0 Å². The summed E-state index contributed by atoms with van der Waals surface area (Å²) >= 11 is 0. The van der Waals surface area contributed by atoms with E-state index in [9.17, 15) is 0 Å². The number of nitrogens with one attached hydrogen (secondary N) is 1. The number of guanidine groups is 1. The Morgan fingerprint density at radius 1 is 1.03 bits per heavy atom. The Hall–Kier alpha value is -1.99. The second-order valence-corrected chi connectivity index (χ2v) is 7.57. The zero-order chi connectivity index (χ0) is 20.3. The Labute approximate surface area is 175 Å². The van der Waals surface area contributed by atoms with E-state index in [1.165, 1.54) is 12.1 Å². The van der Waals surface area contributed by atoms with Crippen molar-refractivity contribution in [3.8, 4) is 5.75 Å². The molecule has 2 saturated heterocycles. The minimum atomic E-state index is 0.880. The summed E-state index contributed by atoms with van der Waals surface area (Å²) in [7, 11) is 1.71. The van der Waals surface area contributed by atoms with E-state index >= 15 is 0 Å². The highest BCUT2D eigenvalue weighted by Gasteiger charge is 2.19. The lowest BCUT2D eigenvalue weighted by Crippen LogP contribution is -2.52. The van der Waals surface area contributed by atoms with Crippen molar-refractivity contribution in [1.82, 2.24) is 15.1 Å². The van der Waals surface area contributed by atoms with Crippen LogP contribution in [0.1, 0.15) is 19.8 Å². The number of methoxy groups -OCH3 is 1. The van der Waals surface area contributed by atoms with E-state index < -0.39 is 0 Å². The van der Waals surface area contributed by atoms with E-state index in [0.29, 0.717) is 0 Å². The first-order valence-electron chi connectivity index (χ1n) is 11.0. The lowest BCUT2D eigenvalue weighted by atomic mass is 10.2. The summed E-state index contributed by atoms with van der Waals surface area (Å²) in [5.41, 5.74) is 1.26. The third-order valence-electron chi connectivity index (χ3n) is 5.60. The van der Waals surface area contributed by atoms with Crippen molar-refractivity contribution in [3.05, 3.63) is 24.3 Å². The first-order chi connectivity index (χ1) is 14.3. The molecule has 162 valence electrons. The van der Waals surface area contributed by atoms with E-state index in [4.69, 9.17) is 14.5 Å². The van der Waals surface area contributed by atoms with E-state index in [-0.39, 0.29) is 0 Å². The molecule has 0 saturated carbocycles. The highest BCUT2D eigenvalue weighted by atomic mass is 16.5. The third-order valence-corrected chi connectivity index (χ3v) is 5.60. The number of morpholine rings is 1. The Bertz CT molecular complexity index is 608. The summed E-state index contributed by atoms with van der Waals surface area (Å²) in [6.45, 7) is 13.0. The lowest BCUT2D eigenvalue weighted by Gasteiger charge is -2.37. The average Bonchev–Trinajstić information content (AvgIpc) is 2.79. The van der Waals surface area contributed by atoms with Crippen LogP contribution in [0.25, 0.3) is 0 Å². The number of piperazine rings is 1. The van der Waals surface area contributed by atoms with Crippen LogP contribution in [0.15, 0.2) is 29.3 Å². The standard InChI is InChI=1S/C22H37N5O2/c1-3-23-22(24-10-4-5-11-25-16-18-29-19-17-25)27-14-12-26(13-15-27)20-6-8-21(28-2)9-7-20/h6-9H,3-5,10-19H2,1-2H3,(H,23,24). The Kier molecular flexibility index (Phi) is 8.89. The summed E-state index contributed by atoms with van der Waals surface area (Å²) in [6.07, 6.45) is 2.34. The highest BCUT2D eigenvalue weighted by molar-refractivity contribution is 5.80. The molecule has 2 fully saturated rings. The van der Waals surface area contributed by atoms with Crippen LogP contribution in [0.2, 0.25) is 0 Å². The van der Waals surface area contributed by atoms with Gasteiger partial charge >= 0.3 is 0 Å². The Balaban J connectivity index is 1.42. The quantitative estimate of drug-likeness (QED) is 0.406. The second-order valence-electron chi connectivity index (χ2n) is 7.57. The molecule has 7 heteroatoms. The molecule has 7 nitrogen and oxygen atoms in total. The van der Waals surface area contributed by atoms with Gasteiger partial charge < -0.3 is 24.6 Å². The highest BCUT2D eigenvalue weighted by Crippen LogP contribution is 2.20. The van der Waals surface area contributed by atoms with Crippen LogP contribution in [-0.2, 0) is 4.74 Å².